The highest BCUT2D eigenvalue weighted by Crippen LogP contribution is 2.20. The molecule has 63 valence electrons. The van der Waals surface area contributed by atoms with Crippen molar-refractivity contribution in [1.29, 1.82) is 0 Å². The molecule has 1 aromatic carbocycles. The summed E-state index contributed by atoms with van der Waals surface area (Å²) in [5.74, 6) is 0. The Morgan fingerprint density at radius 1 is 1.08 bits per heavy atom. The number of nitrogens with zero attached hydrogens (tertiary/aromatic N) is 2. The summed E-state index contributed by atoms with van der Waals surface area (Å²) in [7, 11) is 0. The summed E-state index contributed by atoms with van der Waals surface area (Å²) in [6, 6.07) is 7.57. The van der Waals surface area contributed by atoms with Gasteiger partial charge in [0.15, 0.2) is 6.33 Å². The Morgan fingerprint density at radius 2 is 1.85 bits per heavy atom. The second-order valence-corrected chi connectivity index (χ2v) is 3.02. The van der Waals surface area contributed by atoms with Crippen LogP contribution in [0.2, 0.25) is 5.02 Å². The van der Waals surface area contributed by atoms with E-state index < -0.39 is 0 Å². The molecule has 0 amide bonds. The van der Waals surface area contributed by atoms with Crippen LogP contribution in [0, 0.1) is 6.33 Å². The fourth-order valence-corrected chi connectivity index (χ4v) is 1.27. The summed E-state index contributed by atoms with van der Waals surface area (Å²) in [4.78, 5) is 7.62. The Hall–Kier alpha value is -1.41. The lowest BCUT2D eigenvalue weighted by atomic mass is 10.1. The van der Waals surface area contributed by atoms with Crippen molar-refractivity contribution >= 4 is 11.6 Å². The van der Waals surface area contributed by atoms with Crippen molar-refractivity contribution in [3.8, 4) is 11.1 Å². The zero-order chi connectivity index (χ0) is 9.10. The van der Waals surface area contributed by atoms with Gasteiger partial charge in [-0.2, -0.15) is 0 Å². The van der Waals surface area contributed by atoms with Gasteiger partial charge in [-0.15, -0.1) is 0 Å². The van der Waals surface area contributed by atoms with E-state index >= 15 is 0 Å². The predicted octanol–water partition coefficient (Wildman–Crippen LogP) is 2.60. The first-order valence-electron chi connectivity index (χ1n) is 3.80. The quantitative estimate of drug-likeness (QED) is 0.689. The van der Waals surface area contributed by atoms with Crippen LogP contribution in [0.25, 0.3) is 11.1 Å². The third-order valence-electron chi connectivity index (χ3n) is 1.68. The fourth-order valence-electron chi connectivity index (χ4n) is 1.08. The molecule has 0 aliphatic carbocycles. The summed E-state index contributed by atoms with van der Waals surface area (Å²) < 4.78 is 0. The summed E-state index contributed by atoms with van der Waals surface area (Å²) in [6.45, 7) is 0. The van der Waals surface area contributed by atoms with Crippen molar-refractivity contribution in [1.82, 2.24) is 9.97 Å². The highest BCUT2D eigenvalue weighted by Gasteiger charge is 1.97. The highest BCUT2D eigenvalue weighted by atomic mass is 35.5. The van der Waals surface area contributed by atoms with Crippen LogP contribution in [0.4, 0.5) is 0 Å². The van der Waals surface area contributed by atoms with Gasteiger partial charge in [0.1, 0.15) is 0 Å². The molecule has 0 aliphatic rings. The van der Waals surface area contributed by atoms with Crippen molar-refractivity contribution in [2.75, 3.05) is 0 Å². The average Bonchev–Trinajstić information content (AvgIpc) is 2.19. The lowest BCUT2D eigenvalue weighted by Crippen LogP contribution is -1.81. The van der Waals surface area contributed by atoms with Crippen LogP contribution in [0.15, 0.2) is 36.7 Å². The first-order chi connectivity index (χ1) is 6.36. The lowest BCUT2D eigenvalue weighted by Gasteiger charge is -1.99. The standard InChI is InChI=1S/C10H6ClN2/c11-10-3-1-2-8(4-10)9-5-12-7-13-6-9/h1-6H. The third-order valence-corrected chi connectivity index (χ3v) is 1.92. The van der Waals surface area contributed by atoms with E-state index in [-0.39, 0.29) is 0 Å². The van der Waals surface area contributed by atoms with Gasteiger partial charge in [-0.3, -0.25) is 0 Å². The van der Waals surface area contributed by atoms with Crippen LogP contribution in [0.3, 0.4) is 0 Å². The van der Waals surface area contributed by atoms with Crippen LogP contribution >= 0.6 is 11.6 Å². The highest BCUT2D eigenvalue weighted by molar-refractivity contribution is 6.30. The van der Waals surface area contributed by atoms with E-state index in [1.54, 1.807) is 12.4 Å². The van der Waals surface area contributed by atoms with Crippen LogP contribution < -0.4 is 0 Å². The second kappa shape index (κ2) is 3.54. The van der Waals surface area contributed by atoms with Crippen molar-refractivity contribution in [2.45, 2.75) is 0 Å². The Bertz CT molecular complexity index is 401. The second-order valence-electron chi connectivity index (χ2n) is 2.58. The van der Waals surface area contributed by atoms with Gasteiger partial charge in [0.25, 0.3) is 0 Å². The minimum absolute atomic E-state index is 0.713. The van der Waals surface area contributed by atoms with Crippen LogP contribution in [0.1, 0.15) is 0 Å². The zero-order valence-electron chi connectivity index (χ0n) is 6.74. The SMILES string of the molecule is Clc1cccc(-c2cn[c]nc2)c1. The third kappa shape index (κ3) is 1.84. The van der Waals surface area contributed by atoms with Crippen molar-refractivity contribution in [3.63, 3.8) is 0 Å². The Morgan fingerprint density at radius 3 is 2.54 bits per heavy atom. The minimum Gasteiger partial charge on any atom is -0.233 e. The molecule has 0 unspecified atom stereocenters. The Balaban J connectivity index is 2.48. The molecule has 0 saturated heterocycles. The number of benzene rings is 1. The molecule has 2 nitrogen and oxygen atoms in total. The summed E-state index contributed by atoms with van der Waals surface area (Å²) in [6.07, 6.45) is 5.90. The van der Waals surface area contributed by atoms with Gasteiger partial charge in [-0.25, -0.2) is 9.97 Å². The lowest BCUT2D eigenvalue weighted by molar-refractivity contribution is 1.15. The van der Waals surface area contributed by atoms with Crippen LogP contribution in [0.5, 0.6) is 0 Å². The molecule has 1 radical (unpaired) electrons. The van der Waals surface area contributed by atoms with E-state index in [4.69, 9.17) is 11.6 Å². The molecule has 0 bridgehead atoms. The molecule has 2 rings (SSSR count). The van der Waals surface area contributed by atoms with E-state index in [9.17, 15) is 0 Å². The van der Waals surface area contributed by atoms with Crippen LogP contribution in [-0.4, -0.2) is 9.97 Å². The van der Waals surface area contributed by atoms with Gasteiger partial charge in [0.05, 0.1) is 0 Å². The molecule has 0 fully saturated rings. The van der Waals surface area contributed by atoms with Gasteiger partial charge >= 0.3 is 0 Å². The van der Waals surface area contributed by atoms with E-state index in [2.05, 4.69) is 16.3 Å². The molecular formula is C10H6ClN2. The summed E-state index contributed by atoms with van der Waals surface area (Å²) >= 11 is 5.85. The van der Waals surface area contributed by atoms with Gasteiger partial charge < -0.3 is 0 Å². The molecule has 0 atom stereocenters. The predicted molar refractivity (Wildman–Crippen MR) is 51.3 cm³/mol. The molecule has 3 heteroatoms. The smallest absolute Gasteiger partial charge is 0.197 e. The van der Waals surface area contributed by atoms with E-state index in [0.717, 1.165) is 11.1 Å². The molecular weight excluding hydrogens is 184 g/mol. The largest absolute Gasteiger partial charge is 0.233 e. The van der Waals surface area contributed by atoms with E-state index in [0.29, 0.717) is 5.02 Å². The maximum Gasteiger partial charge on any atom is 0.197 e. The van der Waals surface area contributed by atoms with E-state index in [1.165, 1.54) is 0 Å². The molecule has 1 heterocycles. The number of halogens is 1. The number of hydrogen-bond acceptors (Lipinski definition) is 2. The van der Waals surface area contributed by atoms with Crippen LogP contribution in [-0.2, 0) is 0 Å². The minimum atomic E-state index is 0.713. The van der Waals surface area contributed by atoms with Gasteiger partial charge in [-0.1, -0.05) is 23.7 Å². The number of hydrogen-bond donors (Lipinski definition) is 0. The molecule has 1 aromatic heterocycles. The molecule has 0 aliphatic heterocycles. The molecule has 0 N–H and O–H groups in total. The number of rotatable bonds is 1. The summed E-state index contributed by atoms with van der Waals surface area (Å²) in [5.41, 5.74) is 1.96. The average molecular weight is 190 g/mol. The summed E-state index contributed by atoms with van der Waals surface area (Å²) in [5, 5.41) is 0.713. The molecule has 2 aromatic rings. The molecule has 0 spiro atoms. The first-order valence-corrected chi connectivity index (χ1v) is 4.18. The zero-order valence-corrected chi connectivity index (χ0v) is 7.49. The van der Waals surface area contributed by atoms with Crippen molar-refractivity contribution in [2.24, 2.45) is 0 Å². The van der Waals surface area contributed by atoms with Crippen molar-refractivity contribution < 1.29 is 0 Å². The number of aromatic nitrogens is 2. The van der Waals surface area contributed by atoms with Gasteiger partial charge in [0.2, 0.25) is 0 Å². The first kappa shape index (κ1) is 8.20. The van der Waals surface area contributed by atoms with Gasteiger partial charge in [0, 0.05) is 23.0 Å². The Kier molecular flexibility index (Phi) is 2.23. The fraction of sp³-hybridized carbons (Fsp3) is 0. The van der Waals surface area contributed by atoms with Gasteiger partial charge in [-0.05, 0) is 17.7 Å². The van der Waals surface area contributed by atoms with E-state index in [1.807, 2.05) is 24.3 Å². The topological polar surface area (TPSA) is 25.8 Å². The molecule has 13 heavy (non-hydrogen) atoms. The van der Waals surface area contributed by atoms with Crippen molar-refractivity contribution in [3.05, 3.63) is 48.0 Å². The Labute approximate surface area is 81.2 Å². The normalized spacial score (nSPS) is 9.92. The molecule has 0 saturated carbocycles. The maximum atomic E-state index is 5.85. The monoisotopic (exact) mass is 189 g/mol. The maximum absolute atomic E-state index is 5.85.